The van der Waals surface area contributed by atoms with Crippen molar-refractivity contribution in [2.75, 3.05) is 5.32 Å². The second-order valence-corrected chi connectivity index (χ2v) is 5.51. The smallest absolute Gasteiger partial charge is 0.139 e. The van der Waals surface area contributed by atoms with Crippen LogP contribution in [0.3, 0.4) is 0 Å². The number of thiocarbonyl (C=S) groups is 1. The van der Waals surface area contributed by atoms with Gasteiger partial charge < -0.3 is 11.1 Å². The second kappa shape index (κ2) is 5.86. The average molecular weight is 360 g/mol. The van der Waals surface area contributed by atoms with Gasteiger partial charge in [-0.1, -0.05) is 23.8 Å². The van der Waals surface area contributed by atoms with Gasteiger partial charge in [0.25, 0.3) is 0 Å². The number of rotatable bonds is 3. The molecule has 0 amide bonds. The van der Waals surface area contributed by atoms with E-state index in [9.17, 15) is 4.39 Å². The first-order chi connectivity index (χ1) is 8.97. The first-order valence-corrected chi connectivity index (χ1v) is 6.87. The van der Waals surface area contributed by atoms with Crippen LogP contribution >= 0.6 is 39.7 Å². The Morgan fingerprint density at radius 3 is 2.58 bits per heavy atom. The first-order valence-electron chi connectivity index (χ1n) is 5.29. The number of halogens is 3. The van der Waals surface area contributed by atoms with E-state index < -0.39 is 0 Å². The zero-order valence-corrected chi connectivity index (χ0v) is 12.7. The zero-order valence-electron chi connectivity index (χ0n) is 9.58. The summed E-state index contributed by atoms with van der Waals surface area (Å²) in [6, 6.07) is 9.91. The Morgan fingerprint density at radius 1 is 1.26 bits per heavy atom. The van der Waals surface area contributed by atoms with Crippen molar-refractivity contribution in [3.05, 3.63) is 57.3 Å². The number of nitrogens with two attached hydrogens (primary N) is 1. The number of hydrogen-bond acceptors (Lipinski definition) is 2. The van der Waals surface area contributed by atoms with E-state index in [0.717, 1.165) is 0 Å². The Bertz CT molecular complexity index is 649. The minimum absolute atomic E-state index is 0.281. The minimum atomic E-state index is -0.346. The van der Waals surface area contributed by atoms with Gasteiger partial charge in [0.15, 0.2) is 0 Å². The summed E-state index contributed by atoms with van der Waals surface area (Å²) in [5, 5.41) is 3.50. The van der Waals surface area contributed by atoms with Crippen molar-refractivity contribution in [3.8, 4) is 0 Å². The van der Waals surface area contributed by atoms with E-state index in [1.807, 2.05) is 0 Å². The highest BCUT2D eigenvalue weighted by Gasteiger charge is 2.06. The van der Waals surface area contributed by atoms with Gasteiger partial charge in [-0.25, -0.2) is 4.39 Å². The Morgan fingerprint density at radius 2 is 2.00 bits per heavy atom. The SMILES string of the molecule is NC(=S)c1ccc(Nc2ccc(Br)c(F)c2)c(Cl)c1. The molecule has 0 saturated heterocycles. The average Bonchev–Trinajstić information content (AvgIpc) is 2.36. The summed E-state index contributed by atoms with van der Waals surface area (Å²) in [5.41, 5.74) is 7.47. The quantitative estimate of drug-likeness (QED) is 0.785. The molecular weight excluding hydrogens is 351 g/mol. The van der Waals surface area contributed by atoms with Gasteiger partial charge in [0, 0.05) is 11.3 Å². The molecule has 0 saturated carbocycles. The maximum atomic E-state index is 13.4. The highest BCUT2D eigenvalue weighted by Crippen LogP contribution is 2.28. The number of hydrogen-bond donors (Lipinski definition) is 2. The molecule has 98 valence electrons. The molecule has 2 aromatic carbocycles. The summed E-state index contributed by atoms with van der Waals surface area (Å²) in [5.74, 6) is -0.346. The van der Waals surface area contributed by atoms with Gasteiger partial charge in [-0.05, 0) is 52.3 Å². The maximum Gasteiger partial charge on any atom is 0.139 e. The third kappa shape index (κ3) is 3.43. The topological polar surface area (TPSA) is 38.0 Å². The van der Waals surface area contributed by atoms with E-state index >= 15 is 0 Å². The van der Waals surface area contributed by atoms with Crippen LogP contribution in [0.5, 0.6) is 0 Å². The van der Waals surface area contributed by atoms with Crippen LogP contribution in [0, 0.1) is 5.82 Å². The summed E-state index contributed by atoms with van der Waals surface area (Å²) in [6.07, 6.45) is 0. The molecule has 3 N–H and O–H groups in total. The molecule has 0 heterocycles. The van der Waals surface area contributed by atoms with E-state index in [1.165, 1.54) is 6.07 Å². The molecule has 2 nitrogen and oxygen atoms in total. The zero-order chi connectivity index (χ0) is 14.0. The van der Waals surface area contributed by atoms with E-state index in [2.05, 4.69) is 21.2 Å². The Labute approximate surface area is 128 Å². The molecule has 0 fully saturated rings. The largest absolute Gasteiger partial charge is 0.389 e. The summed E-state index contributed by atoms with van der Waals surface area (Å²) in [4.78, 5) is 0.281. The van der Waals surface area contributed by atoms with Crippen LogP contribution in [-0.2, 0) is 0 Å². The first kappa shape index (κ1) is 14.2. The predicted octanol–water partition coefficient (Wildman–Crippen LogP) is 4.62. The Kier molecular flexibility index (Phi) is 4.39. The van der Waals surface area contributed by atoms with Crippen LogP contribution in [0.15, 0.2) is 40.9 Å². The molecule has 0 aliphatic rings. The van der Waals surface area contributed by atoms with Crippen LogP contribution < -0.4 is 11.1 Å². The molecule has 0 aliphatic heterocycles. The fraction of sp³-hybridized carbons (Fsp3) is 0. The highest BCUT2D eigenvalue weighted by molar-refractivity contribution is 9.10. The third-order valence-corrected chi connectivity index (χ3v) is 3.64. The van der Waals surface area contributed by atoms with Crippen molar-refractivity contribution in [1.29, 1.82) is 0 Å². The normalized spacial score (nSPS) is 10.3. The number of benzene rings is 2. The highest BCUT2D eigenvalue weighted by atomic mass is 79.9. The summed E-state index contributed by atoms with van der Waals surface area (Å²) >= 11 is 14.1. The van der Waals surface area contributed by atoms with Crippen molar-refractivity contribution >= 4 is 56.1 Å². The molecule has 2 aromatic rings. The van der Waals surface area contributed by atoms with Crippen LogP contribution in [0.4, 0.5) is 15.8 Å². The summed E-state index contributed by atoms with van der Waals surface area (Å²) < 4.78 is 13.8. The fourth-order valence-electron chi connectivity index (χ4n) is 1.50. The van der Waals surface area contributed by atoms with Gasteiger partial charge >= 0.3 is 0 Å². The van der Waals surface area contributed by atoms with Crippen LogP contribution in [0.2, 0.25) is 5.02 Å². The van der Waals surface area contributed by atoms with Gasteiger partial charge in [-0.2, -0.15) is 0 Å². The molecule has 19 heavy (non-hydrogen) atoms. The van der Waals surface area contributed by atoms with Gasteiger partial charge in [-0.15, -0.1) is 0 Å². The molecule has 0 aromatic heterocycles. The molecular formula is C13H9BrClFN2S. The molecule has 0 radical (unpaired) electrons. The van der Waals surface area contributed by atoms with E-state index in [4.69, 9.17) is 29.6 Å². The van der Waals surface area contributed by atoms with Crippen LogP contribution in [0.1, 0.15) is 5.56 Å². The maximum absolute atomic E-state index is 13.4. The third-order valence-electron chi connectivity index (χ3n) is 2.45. The number of nitrogens with one attached hydrogen (secondary N) is 1. The van der Waals surface area contributed by atoms with Crippen molar-refractivity contribution in [3.63, 3.8) is 0 Å². The molecule has 2 rings (SSSR count). The molecule has 0 atom stereocenters. The van der Waals surface area contributed by atoms with E-state index in [1.54, 1.807) is 30.3 Å². The molecule has 0 spiro atoms. The van der Waals surface area contributed by atoms with Crippen molar-refractivity contribution in [2.45, 2.75) is 0 Å². The fourth-order valence-corrected chi connectivity index (χ4v) is 2.10. The predicted molar refractivity (Wildman–Crippen MR) is 84.7 cm³/mol. The summed E-state index contributed by atoms with van der Waals surface area (Å²) in [7, 11) is 0. The van der Waals surface area contributed by atoms with Crippen LogP contribution in [-0.4, -0.2) is 4.99 Å². The van der Waals surface area contributed by atoms with Gasteiger partial charge in [0.1, 0.15) is 10.8 Å². The van der Waals surface area contributed by atoms with Crippen molar-refractivity contribution in [2.24, 2.45) is 5.73 Å². The van der Waals surface area contributed by atoms with Gasteiger partial charge in [0.2, 0.25) is 0 Å². The summed E-state index contributed by atoms with van der Waals surface area (Å²) in [6.45, 7) is 0. The molecule has 6 heteroatoms. The van der Waals surface area contributed by atoms with E-state index in [0.29, 0.717) is 26.4 Å². The Balaban J connectivity index is 2.28. The van der Waals surface area contributed by atoms with E-state index in [-0.39, 0.29) is 10.8 Å². The molecule has 0 aliphatic carbocycles. The second-order valence-electron chi connectivity index (χ2n) is 3.81. The lowest BCUT2D eigenvalue weighted by molar-refractivity contribution is 0.622. The van der Waals surface area contributed by atoms with Gasteiger partial charge in [-0.3, -0.25) is 0 Å². The molecule has 0 bridgehead atoms. The lowest BCUT2D eigenvalue weighted by Crippen LogP contribution is -2.09. The monoisotopic (exact) mass is 358 g/mol. The van der Waals surface area contributed by atoms with Gasteiger partial charge in [0.05, 0.1) is 15.2 Å². The lowest BCUT2D eigenvalue weighted by atomic mass is 10.2. The van der Waals surface area contributed by atoms with Crippen molar-refractivity contribution in [1.82, 2.24) is 0 Å². The van der Waals surface area contributed by atoms with Crippen molar-refractivity contribution < 1.29 is 4.39 Å². The van der Waals surface area contributed by atoms with Crippen LogP contribution in [0.25, 0.3) is 0 Å². The standard InChI is InChI=1S/C13H9BrClFN2S/c14-9-3-2-8(6-11(9)16)18-12-4-1-7(13(17)19)5-10(12)15/h1-6,18H,(H2,17,19). The molecule has 0 unspecified atom stereocenters. The minimum Gasteiger partial charge on any atom is -0.389 e. The Hall–Kier alpha value is -1.17. The lowest BCUT2D eigenvalue weighted by Gasteiger charge is -2.10. The number of anilines is 2.